The number of carbonyl (C=O) groups is 1. The third-order valence-corrected chi connectivity index (χ3v) is 6.20. The summed E-state index contributed by atoms with van der Waals surface area (Å²) in [5.41, 5.74) is 0.437. The lowest BCUT2D eigenvalue weighted by molar-refractivity contribution is 0.0939. The van der Waals surface area contributed by atoms with Crippen molar-refractivity contribution in [2.45, 2.75) is 37.1 Å². The summed E-state index contributed by atoms with van der Waals surface area (Å²) in [5, 5.41) is 2.89. The van der Waals surface area contributed by atoms with E-state index in [1.165, 1.54) is 16.4 Å². The average Bonchev–Trinajstić information content (AvgIpc) is 3.28. The summed E-state index contributed by atoms with van der Waals surface area (Å²) < 4.78 is 31.7. The van der Waals surface area contributed by atoms with Gasteiger partial charge in [0, 0.05) is 31.1 Å². The Morgan fingerprint density at radius 3 is 2.48 bits per heavy atom. The lowest BCUT2D eigenvalue weighted by Gasteiger charge is -2.16. The molecular formula is C18H22N2O4S. The lowest BCUT2D eigenvalue weighted by atomic mass is 10.1. The number of amides is 1. The Balaban J connectivity index is 1.64. The molecule has 2 heterocycles. The molecule has 25 heavy (non-hydrogen) atoms. The zero-order chi connectivity index (χ0) is 17.9. The highest BCUT2D eigenvalue weighted by atomic mass is 32.2. The lowest BCUT2D eigenvalue weighted by Crippen LogP contribution is -2.34. The molecule has 1 amide bonds. The van der Waals surface area contributed by atoms with E-state index < -0.39 is 10.0 Å². The molecule has 1 aromatic heterocycles. The van der Waals surface area contributed by atoms with E-state index in [9.17, 15) is 13.2 Å². The molecule has 1 saturated heterocycles. The van der Waals surface area contributed by atoms with Crippen LogP contribution in [-0.4, -0.2) is 37.8 Å². The van der Waals surface area contributed by atoms with Gasteiger partial charge in [0.1, 0.15) is 5.76 Å². The molecule has 1 aliphatic rings. The zero-order valence-corrected chi connectivity index (χ0v) is 15.0. The highest BCUT2D eigenvalue weighted by Crippen LogP contribution is 2.21. The Morgan fingerprint density at radius 1 is 1.20 bits per heavy atom. The van der Waals surface area contributed by atoms with Crippen LogP contribution in [0.2, 0.25) is 0 Å². The van der Waals surface area contributed by atoms with Crippen LogP contribution in [0.25, 0.3) is 0 Å². The maximum atomic E-state index is 12.5. The third kappa shape index (κ3) is 4.11. The standard InChI is InChI=1S/C18H22N2O4S/c1-14(13-16-5-4-12-24-16)19-18(21)15-6-8-17(9-7-15)25(22,23)20-10-2-3-11-20/h4-9,12,14H,2-3,10-11,13H2,1H3,(H,19,21). The van der Waals surface area contributed by atoms with E-state index in [0.717, 1.165) is 18.6 Å². The van der Waals surface area contributed by atoms with Gasteiger partial charge >= 0.3 is 0 Å². The highest BCUT2D eigenvalue weighted by molar-refractivity contribution is 7.89. The van der Waals surface area contributed by atoms with Crippen molar-refractivity contribution in [1.29, 1.82) is 0 Å². The fraction of sp³-hybridized carbons (Fsp3) is 0.389. The summed E-state index contributed by atoms with van der Waals surface area (Å²) in [6, 6.07) is 9.69. The van der Waals surface area contributed by atoms with Crippen LogP contribution < -0.4 is 5.32 Å². The van der Waals surface area contributed by atoms with Gasteiger partial charge in [-0.3, -0.25) is 4.79 Å². The van der Waals surface area contributed by atoms with Crippen LogP contribution in [0.15, 0.2) is 52.0 Å². The van der Waals surface area contributed by atoms with Gasteiger partial charge in [-0.05, 0) is 56.2 Å². The van der Waals surface area contributed by atoms with Crippen LogP contribution in [-0.2, 0) is 16.4 Å². The summed E-state index contributed by atoms with van der Waals surface area (Å²) in [5.74, 6) is 0.573. The van der Waals surface area contributed by atoms with Gasteiger partial charge in [-0.25, -0.2) is 8.42 Å². The van der Waals surface area contributed by atoms with Crippen LogP contribution >= 0.6 is 0 Å². The van der Waals surface area contributed by atoms with Crippen LogP contribution in [0.1, 0.15) is 35.9 Å². The van der Waals surface area contributed by atoms with Crippen molar-refractivity contribution in [2.24, 2.45) is 0 Å². The fourth-order valence-electron chi connectivity index (χ4n) is 2.94. The van der Waals surface area contributed by atoms with Crippen molar-refractivity contribution in [2.75, 3.05) is 13.1 Å². The predicted octanol–water partition coefficient (Wildman–Crippen LogP) is 2.43. The smallest absolute Gasteiger partial charge is 0.251 e. The fourth-order valence-corrected chi connectivity index (χ4v) is 4.46. The largest absolute Gasteiger partial charge is 0.469 e. The summed E-state index contributed by atoms with van der Waals surface area (Å²) >= 11 is 0. The molecule has 0 spiro atoms. The van der Waals surface area contributed by atoms with Gasteiger partial charge in [-0.15, -0.1) is 0 Å². The monoisotopic (exact) mass is 362 g/mol. The van der Waals surface area contributed by atoms with Crippen LogP contribution in [0.5, 0.6) is 0 Å². The zero-order valence-electron chi connectivity index (χ0n) is 14.1. The van der Waals surface area contributed by atoms with E-state index in [1.54, 1.807) is 18.4 Å². The first-order chi connectivity index (χ1) is 12.0. The van der Waals surface area contributed by atoms with E-state index >= 15 is 0 Å². The predicted molar refractivity (Wildman–Crippen MR) is 93.8 cm³/mol. The molecule has 1 fully saturated rings. The molecule has 1 N–H and O–H groups in total. The molecule has 1 atom stereocenters. The second-order valence-corrected chi connectivity index (χ2v) is 8.23. The minimum Gasteiger partial charge on any atom is -0.469 e. The van der Waals surface area contributed by atoms with Crippen molar-refractivity contribution in [3.8, 4) is 0 Å². The van der Waals surface area contributed by atoms with E-state index in [2.05, 4.69) is 5.32 Å². The molecule has 1 aromatic carbocycles. The number of nitrogens with zero attached hydrogens (tertiary/aromatic N) is 1. The van der Waals surface area contributed by atoms with Crippen molar-refractivity contribution >= 4 is 15.9 Å². The van der Waals surface area contributed by atoms with Crippen molar-refractivity contribution in [3.05, 3.63) is 54.0 Å². The number of nitrogens with one attached hydrogen (secondary N) is 1. The van der Waals surface area contributed by atoms with Gasteiger partial charge in [0.2, 0.25) is 10.0 Å². The van der Waals surface area contributed by atoms with Crippen molar-refractivity contribution in [1.82, 2.24) is 9.62 Å². The Labute approximate surface area is 147 Å². The maximum Gasteiger partial charge on any atom is 0.251 e. The number of furan rings is 1. The number of benzene rings is 1. The second kappa shape index (κ2) is 7.41. The SMILES string of the molecule is CC(Cc1ccco1)NC(=O)c1ccc(S(=O)(=O)N2CCCC2)cc1. The Morgan fingerprint density at radius 2 is 1.88 bits per heavy atom. The van der Waals surface area contributed by atoms with Crippen molar-refractivity contribution < 1.29 is 17.6 Å². The summed E-state index contributed by atoms with van der Waals surface area (Å²) in [4.78, 5) is 12.5. The molecule has 1 unspecified atom stereocenters. The highest BCUT2D eigenvalue weighted by Gasteiger charge is 2.27. The summed E-state index contributed by atoms with van der Waals surface area (Å²) in [6.07, 6.45) is 3.99. The molecule has 6 nitrogen and oxygen atoms in total. The normalized spacial score (nSPS) is 16.7. The summed E-state index contributed by atoms with van der Waals surface area (Å²) in [6.45, 7) is 3.02. The van der Waals surface area contributed by atoms with Crippen LogP contribution in [0.3, 0.4) is 0 Å². The van der Waals surface area contributed by atoms with Gasteiger partial charge in [-0.2, -0.15) is 4.31 Å². The minimum atomic E-state index is -3.45. The van der Waals surface area contributed by atoms with Gasteiger partial charge in [0.25, 0.3) is 5.91 Å². The minimum absolute atomic E-state index is 0.0911. The van der Waals surface area contributed by atoms with E-state index in [1.807, 2.05) is 19.1 Å². The molecule has 0 aliphatic carbocycles. The van der Waals surface area contributed by atoms with Crippen molar-refractivity contribution in [3.63, 3.8) is 0 Å². The first kappa shape index (κ1) is 17.7. The van der Waals surface area contributed by atoms with Gasteiger partial charge in [0.15, 0.2) is 0 Å². The number of rotatable bonds is 6. The van der Waals surface area contributed by atoms with Gasteiger partial charge in [-0.1, -0.05) is 0 Å². The topological polar surface area (TPSA) is 79.6 Å². The van der Waals surface area contributed by atoms with Gasteiger partial charge < -0.3 is 9.73 Å². The molecule has 0 saturated carbocycles. The maximum absolute atomic E-state index is 12.5. The van der Waals surface area contributed by atoms with Crippen LogP contribution in [0.4, 0.5) is 0 Å². The first-order valence-corrected chi connectivity index (χ1v) is 9.84. The molecule has 134 valence electrons. The van der Waals surface area contributed by atoms with Gasteiger partial charge in [0.05, 0.1) is 11.2 Å². The number of carbonyl (C=O) groups excluding carboxylic acids is 1. The van der Waals surface area contributed by atoms with Crippen LogP contribution in [0, 0.1) is 0 Å². The number of hydrogen-bond donors (Lipinski definition) is 1. The Bertz CT molecular complexity index is 807. The Kier molecular flexibility index (Phi) is 5.24. The summed E-state index contributed by atoms with van der Waals surface area (Å²) in [7, 11) is -3.45. The average molecular weight is 362 g/mol. The first-order valence-electron chi connectivity index (χ1n) is 8.40. The van der Waals surface area contributed by atoms with E-state index in [-0.39, 0.29) is 16.8 Å². The Hall–Kier alpha value is -2.12. The third-order valence-electron chi connectivity index (χ3n) is 4.28. The second-order valence-electron chi connectivity index (χ2n) is 6.29. The molecule has 7 heteroatoms. The van der Waals surface area contributed by atoms with E-state index in [0.29, 0.717) is 25.1 Å². The molecule has 3 rings (SSSR count). The molecule has 2 aromatic rings. The number of hydrogen-bond acceptors (Lipinski definition) is 4. The quantitative estimate of drug-likeness (QED) is 0.856. The number of sulfonamides is 1. The molecule has 0 bridgehead atoms. The molecule has 1 aliphatic heterocycles. The molecular weight excluding hydrogens is 340 g/mol. The van der Waals surface area contributed by atoms with E-state index in [4.69, 9.17) is 4.42 Å². The molecule has 0 radical (unpaired) electrons.